The Hall–Kier alpha value is -4.01. The first-order valence-corrected chi connectivity index (χ1v) is 18.8. The Balaban J connectivity index is 2.20. The SMILES string of the molecule is CCCC(CCC)C(=O)N[C@@H](CCS(C)(=O)=O)C(=O)N1CCC[C@H]1C(=O)N[C@@H](CCCN=C(N)N)C(=O)C(=O)NCCc1ccccc1. The monoisotopic (exact) mass is 691 g/mol. The molecule has 1 aromatic rings. The van der Waals surface area contributed by atoms with Gasteiger partial charge in [0.25, 0.3) is 5.91 Å². The van der Waals surface area contributed by atoms with Crippen LogP contribution in [0.5, 0.6) is 0 Å². The molecule has 0 bridgehead atoms. The number of carbonyl (C=O) groups is 5. The summed E-state index contributed by atoms with van der Waals surface area (Å²) in [5, 5.41) is 8.06. The summed E-state index contributed by atoms with van der Waals surface area (Å²) in [4.78, 5) is 72.0. The van der Waals surface area contributed by atoms with Gasteiger partial charge in [-0.3, -0.25) is 29.0 Å². The third kappa shape index (κ3) is 14.0. The van der Waals surface area contributed by atoms with Crippen molar-refractivity contribution in [3.05, 3.63) is 35.9 Å². The van der Waals surface area contributed by atoms with Gasteiger partial charge in [-0.15, -0.1) is 0 Å². The van der Waals surface area contributed by atoms with Crippen molar-refractivity contribution in [2.75, 3.05) is 31.6 Å². The molecule has 4 amide bonds. The highest BCUT2D eigenvalue weighted by atomic mass is 32.2. The summed E-state index contributed by atoms with van der Waals surface area (Å²) in [7, 11) is -3.46. The number of benzene rings is 1. The van der Waals surface area contributed by atoms with E-state index in [1.54, 1.807) is 0 Å². The molecule has 268 valence electrons. The molecule has 15 heteroatoms. The lowest BCUT2D eigenvalue weighted by Gasteiger charge is -2.30. The summed E-state index contributed by atoms with van der Waals surface area (Å²) < 4.78 is 24.0. The van der Waals surface area contributed by atoms with E-state index in [0.29, 0.717) is 25.7 Å². The maximum absolute atomic E-state index is 13.9. The highest BCUT2D eigenvalue weighted by molar-refractivity contribution is 7.90. The van der Waals surface area contributed by atoms with Crippen LogP contribution in [0.25, 0.3) is 0 Å². The van der Waals surface area contributed by atoms with Crippen LogP contribution in [0.15, 0.2) is 35.3 Å². The first-order chi connectivity index (χ1) is 22.8. The van der Waals surface area contributed by atoms with E-state index >= 15 is 0 Å². The van der Waals surface area contributed by atoms with E-state index < -0.39 is 51.5 Å². The van der Waals surface area contributed by atoms with Crippen molar-refractivity contribution in [2.24, 2.45) is 22.4 Å². The lowest BCUT2D eigenvalue weighted by Crippen LogP contribution is -2.57. The molecule has 0 aromatic heterocycles. The molecule has 0 spiro atoms. The van der Waals surface area contributed by atoms with Crippen LogP contribution in [0, 0.1) is 5.92 Å². The number of sulfone groups is 1. The second kappa shape index (κ2) is 20.4. The molecule has 48 heavy (non-hydrogen) atoms. The smallest absolute Gasteiger partial charge is 0.289 e. The van der Waals surface area contributed by atoms with Crippen LogP contribution in [0.3, 0.4) is 0 Å². The van der Waals surface area contributed by atoms with Gasteiger partial charge in [-0.2, -0.15) is 0 Å². The van der Waals surface area contributed by atoms with E-state index in [-0.39, 0.29) is 68.9 Å². The minimum absolute atomic E-state index is 0.0669. The normalized spacial score (nSPS) is 15.8. The predicted molar refractivity (Wildman–Crippen MR) is 184 cm³/mol. The van der Waals surface area contributed by atoms with Gasteiger partial charge in [-0.1, -0.05) is 57.0 Å². The molecule has 1 fully saturated rings. The third-order valence-electron chi connectivity index (χ3n) is 8.22. The molecule has 7 N–H and O–H groups in total. The maximum atomic E-state index is 13.9. The Morgan fingerprint density at radius 1 is 0.958 bits per heavy atom. The van der Waals surface area contributed by atoms with Gasteiger partial charge in [0.15, 0.2) is 5.96 Å². The summed E-state index contributed by atoms with van der Waals surface area (Å²) >= 11 is 0. The molecule has 1 aliphatic rings. The topological polar surface area (TPSA) is 223 Å². The van der Waals surface area contributed by atoms with Gasteiger partial charge in [0, 0.05) is 31.8 Å². The number of guanidine groups is 1. The van der Waals surface area contributed by atoms with Crippen LogP contribution in [0.4, 0.5) is 0 Å². The van der Waals surface area contributed by atoms with E-state index in [2.05, 4.69) is 20.9 Å². The first-order valence-electron chi connectivity index (χ1n) is 16.8. The van der Waals surface area contributed by atoms with Crippen molar-refractivity contribution >= 4 is 45.2 Å². The van der Waals surface area contributed by atoms with Gasteiger partial charge in [0.2, 0.25) is 23.5 Å². The molecule has 0 saturated carbocycles. The summed E-state index contributed by atoms with van der Waals surface area (Å²) in [5.74, 6) is -3.98. The Bertz CT molecular complexity index is 1360. The largest absolute Gasteiger partial charge is 0.370 e. The van der Waals surface area contributed by atoms with Gasteiger partial charge in [-0.05, 0) is 56.9 Å². The van der Waals surface area contributed by atoms with E-state index in [9.17, 15) is 32.4 Å². The fourth-order valence-corrected chi connectivity index (χ4v) is 6.40. The van der Waals surface area contributed by atoms with Crippen LogP contribution in [0.1, 0.15) is 77.2 Å². The molecular formula is C33H53N7O7S. The number of likely N-dealkylation sites (tertiary alicyclic amines) is 1. The quantitative estimate of drug-likeness (QED) is 0.0526. The number of amides is 4. The van der Waals surface area contributed by atoms with Crippen molar-refractivity contribution < 1.29 is 32.4 Å². The van der Waals surface area contributed by atoms with E-state index in [0.717, 1.165) is 24.7 Å². The molecule has 1 heterocycles. The molecular weight excluding hydrogens is 638 g/mol. The summed E-state index contributed by atoms with van der Waals surface area (Å²) in [5.41, 5.74) is 11.8. The number of carbonyl (C=O) groups excluding carboxylic acids is 5. The summed E-state index contributed by atoms with van der Waals surface area (Å²) in [6.45, 7) is 4.51. The first kappa shape index (κ1) is 40.2. The second-order valence-corrected chi connectivity index (χ2v) is 14.6. The Morgan fingerprint density at radius 2 is 1.62 bits per heavy atom. The highest BCUT2D eigenvalue weighted by Crippen LogP contribution is 2.21. The number of nitrogens with zero attached hydrogens (tertiary/aromatic N) is 2. The minimum atomic E-state index is -3.46. The lowest BCUT2D eigenvalue weighted by molar-refractivity contribution is -0.143. The van der Waals surface area contributed by atoms with Crippen molar-refractivity contribution in [2.45, 2.75) is 96.2 Å². The second-order valence-electron chi connectivity index (χ2n) is 12.3. The number of hydrogen-bond acceptors (Lipinski definition) is 8. The summed E-state index contributed by atoms with van der Waals surface area (Å²) in [6.07, 6.45) is 5.33. The van der Waals surface area contributed by atoms with Crippen molar-refractivity contribution in [3.63, 3.8) is 0 Å². The van der Waals surface area contributed by atoms with Crippen LogP contribution >= 0.6 is 0 Å². The molecule has 3 atom stereocenters. The number of nitrogens with one attached hydrogen (secondary N) is 3. The minimum Gasteiger partial charge on any atom is -0.370 e. The van der Waals surface area contributed by atoms with Crippen molar-refractivity contribution in [1.82, 2.24) is 20.9 Å². The van der Waals surface area contributed by atoms with Crippen LogP contribution in [-0.4, -0.2) is 98.5 Å². The fraction of sp³-hybridized carbons (Fsp3) is 0.636. The number of rotatable bonds is 21. The molecule has 1 aliphatic heterocycles. The Kier molecular flexibility index (Phi) is 17.1. The van der Waals surface area contributed by atoms with Gasteiger partial charge < -0.3 is 32.3 Å². The Labute approximate surface area is 284 Å². The predicted octanol–water partition coefficient (Wildman–Crippen LogP) is 0.580. The van der Waals surface area contributed by atoms with E-state index in [1.165, 1.54) is 4.90 Å². The van der Waals surface area contributed by atoms with Crippen LogP contribution < -0.4 is 27.4 Å². The number of Topliss-reactive ketones (excluding diaryl/α,β-unsaturated/α-hetero) is 1. The number of aliphatic imine (C=N–C) groups is 1. The van der Waals surface area contributed by atoms with Crippen LogP contribution in [-0.2, 0) is 40.2 Å². The van der Waals surface area contributed by atoms with Gasteiger partial charge in [0.1, 0.15) is 21.9 Å². The molecule has 1 saturated heterocycles. The molecule has 0 aliphatic carbocycles. The molecule has 1 aromatic carbocycles. The molecule has 0 unspecified atom stereocenters. The average Bonchev–Trinajstić information content (AvgIpc) is 3.54. The number of hydrogen-bond donors (Lipinski definition) is 5. The van der Waals surface area contributed by atoms with Gasteiger partial charge in [-0.25, -0.2) is 8.42 Å². The van der Waals surface area contributed by atoms with E-state index in [1.807, 2.05) is 44.2 Å². The van der Waals surface area contributed by atoms with Gasteiger partial charge >= 0.3 is 0 Å². The fourth-order valence-electron chi connectivity index (χ4n) is 5.74. The Morgan fingerprint density at radius 3 is 2.23 bits per heavy atom. The molecule has 2 rings (SSSR count). The molecule has 0 radical (unpaired) electrons. The third-order valence-corrected chi connectivity index (χ3v) is 9.20. The zero-order valence-corrected chi connectivity index (χ0v) is 29.2. The lowest BCUT2D eigenvalue weighted by atomic mass is 9.96. The summed E-state index contributed by atoms with van der Waals surface area (Å²) in [6, 6.07) is 6.10. The maximum Gasteiger partial charge on any atom is 0.289 e. The zero-order chi connectivity index (χ0) is 35.7. The zero-order valence-electron chi connectivity index (χ0n) is 28.4. The van der Waals surface area contributed by atoms with Crippen LogP contribution in [0.2, 0.25) is 0 Å². The van der Waals surface area contributed by atoms with Crippen molar-refractivity contribution in [1.29, 1.82) is 0 Å². The van der Waals surface area contributed by atoms with Gasteiger partial charge in [0.05, 0.1) is 11.8 Å². The number of nitrogens with two attached hydrogens (primary N) is 2. The molecule has 14 nitrogen and oxygen atoms in total. The van der Waals surface area contributed by atoms with Crippen molar-refractivity contribution in [3.8, 4) is 0 Å². The van der Waals surface area contributed by atoms with E-state index in [4.69, 9.17) is 11.5 Å². The average molecular weight is 692 g/mol. The highest BCUT2D eigenvalue weighted by Gasteiger charge is 2.40. The number of ketones is 1. The standard InChI is InChI=1S/C33H53N7O7S/c1-4-11-24(12-5-2)29(42)39-26(18-22-48(3,46)47)32(45)40-21-10-16-27(40)30(43)38-25(15-9-19-37-33(34)35)28(41)31(44)36-20-17-23-13-7-6-8-14-23/h6-8,13-14,24-27H,4-5,9-12,15-22H2,1-3H3,(H,36,44)(H,38,43)(H,39,42)(H4,34,35,37)/t25-,26-,27-/m0/s1.